The van der Waals surface area contributed by atoms with Crippen molar-refractivity contribution in [2.75, 3.05) is 6.61 Å². The van der Waals surface area contributed by atoms with Gasteiger partial charge in [0.1, 0.15) is 6.10 Å². The van der Waals surface area contributed by atoms with E-state index in [1.165, 1.54) is 32.1 Å². The maximum atomic E-state index is 12.6. The van der Waals surface area contributed by atoms with Gasteiger partial charge in [0.05, 0.1) is 6.61 Å². The highest BCUT2D eigenvalue weighted by Crippen LogP contribution is 2.42. The van der Waals surface area contributed by atoms with Crippen LogP contribution in [0.5, 0.6) is 0 Å². The van der Waals surface area contributed by atoms with Gasteiger partial charge in [-0.1, -0.05) is 26.7 Å². The van der Waals surface area contributed by atoms with Crippen LogP contribution in [0.3, 0.4) is 0 Å². The molecule has 3 unspecified atom stereocenters. The fourth-order valence-corrected chi connectivity index (χ4v) is 3.18. The zero-order valence-electron chi connectivity index (χ0n) is 14.3. The van der Waals surface area contributed by atoms with Gasteiger partial charge in [-0.05, 0) is 63.7 Å². The molecule has 2 fully saturated rings. The van der Waals surface area contributed by atoms with E-state index in [2.05, 4.69) is 33.0 Å². The second-order valence-corrected chi connectivity index (χ2v) is 7.91. The number of carbonyl (C=O) groups excluding carboxylic acids is 1. The standard InChI is InChI=1S/C18H33NO2/c1-5-18(3,4)19-17(20)16(11-15-10-13(15)2)21-12-14-8-6-7-9-14/h13-16H,5-12H2,1-4H3,(H,19,20). The summed E-state index contributed by atoms with van der Waals surface area (Å²) in [6, 6.07) is 0. The van der Waals surface area contributed by atoms with Crippen molar-refractivity contribution in [1.82, 2.24) is 5.32 Å². The monoisotopic (exact) mass is 295 g/mol. The topological polar surface area (TPSA) is 38.3 Å². The lowest BCUT2D eigenvalue weighted by Crippen LogP contribution is -2.48. The molecule has 2 saturated carbocycles. The van der Waals surface area contributed by atoms with E-state index in [0.29, 0.717) is 11.8 Å². The molecule has 2 rings (SSSR count). The first-order valence-corrected chi connectivity index (χ1v) is 8.85. The van der Waals surface area contributed by atoms with Crippen LogP contribution in [0.4, 0.5) is 0 Å². The smallest absolute Gasteiger partial charge is 0.249 e. The minimum atomic E-state index is -0.244. The maximum absolute atomic E-state index is 12.6. The summed E-state index contributed by atoms with van der Waals surface area (Å²) in [6.45, 7) is 9.31. The summed E-state index contributed by atoms with van der Waals surface area (Å²) in [4.78, 5) is 12.6. The number of nitrogens with one attached hydrogen (secondary N) is 1. The number of ether oxygens (including phenoxy) is 1. The third-order valence-corrected chi connectivity index (χ3v) is 5.44. The van der Waals surface area contributed by atoms with Gasteiger partial charge < -0.3 is 10.1 Å². The van der Waals surface area contributed by atoms with Crippen LogP contribution in [-0.4, -0.2) is 24.2 Å². The summed E-state index contributed by atoms with van der Waals surface area (Å²) in [6.07, 6.45) is 8.05. The Bertz CT molecular complexity index is 347. The molecule has 0 aromatic heterocycles. The second kappa shape index (κ2) is 7.13. The molecule has 0 aliphatic heterocycles. The molecule has 3 heteroatoms. The molecule has 0 spiro atoms. The molecule has 122 valence electrons. The SMILES string of the molecule is CCC(C)(C)NC(=O)C(CC1CC1C)OCC1CCCC1. The lowest BCUT2D eigenvalue weighted by molar-refractivity contribution is -0.136. The van der Waals surface area contributed by atoms with Crippen LogP contribution in [0.1, 0.15) is 72.6 Å². The molecule has 0 aromatic carbocycles. The second-order valence-electron chi connectivity index (χ2n) is 7.91. The lowest BCUT2D eigenvalue weighted by atomic mass is 10.0. The predicted molar refractivity (Wildman–Crippen MR) is 86.1 cm³/mol. The average Bonchev–Trinajstić information content (AvgIpc) is 2.92. The first-order chi connectivity index (χ1) is 9.91. The number of rotatable bonds is 8. The quantitative estimate of drug-likeness (QED) is 0.737. The Morgan fingerprint density at radius 2 is 1.95 bits per heavy atom. The van der Waals surface area contributed by atoms with Crippen molar-refractivity contribution in [3.05, 3.63) is 0 Å². The Labute approximate surface area is 130 Å². The molecule has 21 heavy (non-hydrogen) atoms. The molecule has 3 atom stereocenters. The average molecular weight is 295 g/mol. The van der Waals surface area contributed by atoms with Crippen molar-refractivity contribution in [2.24, 2.45) is 17.8 Å². The van der Waals surface area contributed by atoms with E-state index in [0.717, 1.165) is 25.4 Å². The number of amides is 1. The molecule has 0 saturated heterocycles. The van der Waals surface area contributed by atoms with E-state index < -0.39 is 0 Å². The third-order valence-electron chi connectivity index (χ3n) is 5.44. The Balaban J connectivity index is 1.85. The van der Waals surface area contributed by atoms with Crippen LogP contribution < -0.4 is 5.32 Å². The van der Waals surface area contributed by atoms with E-state index in [1.54, 1.807) is 0 Å². The highest BCUT2D eigenvalue weighted by molar-refractivity contribution is 5.81. The zero-order chi connectivity index (χ0) is 15.5. The molecular weight excluding hydrogens is 262 g/mol. The zero-order valence-corrected chi connectivity index (χ0v) is 14.3. The van der Waals surface area contributed by atoms with Crippen LogP contribution >= 0.6 is 0 Å². The number of carbonyl (C=O) groups is 1. The van der Waals surface area contributed by atoms with Crippen molar-refractivity contribution in [3.63, 3.8) is 0 Å². The molecular formula is C18H33NO2. The van der Waals surface area contributed by atoms with E-state index in [1.807, 2.05) is 0 Å². The fourth-order valence-electron chi connectivity index (χ4n) is 3.18. The summed E-state index contributed by atoms with van der Waals surface area (Å²) in [5, 5.41) is 3.17. The molecule has 0 bridgehead atoms. The lowest BCUT2D eigenvalue weighted by Gasteiger charge is -2.28. The van der Waals surface area contributed by atoms with Gasteiger partial charge in [-0.2, -0.15) is 0 Å². The molecule has 1 amide bonds. The summed E-state index contributed by atoms with van der Waals surface area (Å²) < 4.78 is 6.07. The number of hydrogen-bond acceptors (Lipinski definition) is 2. The highest BCUT2D eigenvalue weighted by Gasteiger charge is 2.38. The summed E-state index contributed by atoms with van der Waals surface area (Å²) in [5.74, 6) is 2.23. The van der Waals surface area contributed by atoms with Gasteiger partial charge in [0, 0.05) is 5.54 Å². The molecule has 0 radical (unpaired) electrons. The van der Waals surface area contributed by atoms with Gasteiger partial charge in [-0.3, -0.25) is 4.79 Å². The first-order valence-electron chi connectivity index (χ1n) is 8.85. The molecule has 2 aliphatic carbocycles. The molecule has 0 aromatic rings. The highest BCUT2D eigenvalue weighted by atomic mass is 16.5. The van der Waals surface area contributed by atoms with Gasteiger partial charge in [-0.25, -0.2) is 0 Å². The summed E-state index contributed by atoms with van der Waals surface area (Å²) >= 11 is 0. The van der Waals surface area contributed by atoms with Crippen LogP contribution in [0.25, 0.3) is 0 Å². The molecule has 3 nitrogen and oxygen atoms in total. The largest absolute Gasteiger partial charge is 0.368 e. The van der Waals surface area contributed by atoms with Crippen molar-refractivity contribution in [1.29, 1.82) is 0 Å². The minimum absolute atomic E-state index is 0.0962. The first kappa shape index (κ1) is 16.8. The van der Waals surface area contributed by atoms with Gasteiger partial charge in [0.15, 0.2) is 0 Å². The predicted octanol–water partition coefficient (Wildman–Crippen LogP) is 3.91. The Morgan fingerprint density at radius 1 is 1.33 bits per heavy atom. The van der Waals surface area contributed by atoms with Crippen LogP contribution in [0, 0.1) is 17.8 Å². The van der Waals surface area contributed by atoms with Crippen molar-refractivity contribution >= 4 is 5.91 Å². The maximum Gasteiger partial charge on any atom is 0.249 e. The summed E-state index contributed by atoms with van der Waals surface area (Å²) in [5.41, 5.74) is -0.138. The Hall–Kier alpha value is -0.570. The molecule has 2 aliphatic rings. The van der Waals surface area contributed by atoms with E-state index in [9.17, 15) is 4.79 Å². The summed E-state index contributed by atoms with van der Waals surface area (Å²) in [7, 11) is 0. The van der Waals surface area contributed by atoms with Crippen LogP contribution in [0.2, 0.25) is 0 Å². The third kappa shape index (κ3) is 5.28. The Kier molecular flexibility index (Phi) is 5.70. The van der Waals surface area contributed by atoms with Gasteiger partial charge in [0.25, 0.3) is 0 Å². The van der Waals surface area contributed by atoms with E-state index in [4.69, 9.17) is 4.74 Å². The van der Waals surface area contributed by atoms with Crippen molar-refractivity contribution < 1.29 is 9.53 Å². The number of hydrogen-bond donors (Lipinski definition) is 1. The van der Waals surface area contributed by atoms with Crippen molar-refractivity contribution in [3.8, 4) is 0 Å². The van der Waals surface area contributed by atoms with E-state index in [-0.39, 0.29) is 17.6 Å². The van der Waals surface area contributed by atoms with Crippen LogP contribution in [-0.2, 0) is 9.53 Å². The van der Waals surface area contributed by atoms with Crippen LogP contribution in [0.15, 0.2) is 0 Å². The Morgan fingerprint density at radius 3 is 2.48 bits per heavy atom. The minimum Gasteiger partial charge on any atom is -0.368 e. The molecule has 1 N–H and O–H groups in total. The molecule has 0 heterocycles. The van der Waals surface area contributed by atoms with Gasteiger partial charge in [0.2, 0.25) is 5.91 Å². The van der Waals surface area contributed by atoms with Crippen molar-refractivity contribution in [2.45, 2.75) is 84.3 Å². The normalized spacial score (nSPS) is 27.6. The van der Waals surface area contributed by atoms with E-state index >= 15 is 0 Å². The fraction of sp³-hybridized carbons (Fsp3) is 0.944. The van der Waals surface area contributed by atoms with Gasteiger partial charge >= 0.3 is 0 Å². The van der Waals surface area contributed by atoms with Gasteiger partial charge in [-0.15, -0.1) is 0 Å².